The van der Waals surface area contributed by atoms with Gasteiger partial charge in [0.1, 0.15) is 0 Å². The fourth-order valence-electron chi connectivity index (χ4n) is 3.98. The number of nitrogens with one attached hydrogen (secondary N) is 2. The van der Waals surface area contributed by atoms with Gasteiger partial charge in [-0.2, -0.15) is 0 Å². The molecule has 0 radical (unpaired) electrons. The highest BCUT2D eigenvalue weighted by molar-refractivity contribution is 5.99. The van der Waals surface area contributed by atoms with E-state index < -0.39 is 0 Å². The number of aryl methyl sites for hydroxylation is 2. The summed E-state index contributed by atoms with van der Waals surface area (Å²) >= 11 is 0. The maximum absolute atomic E-state index is 12.8. The molecule has 3 nitrogen and oxygen atoms in total. The van der Waals surface area contributed by atoms with Crippen molar-refractivity contribution in [2.45, 2.75) is 105 Å². The van der Waals surface area contributed by atoms with Crippen molar-refractivity contribution in [3.05, 3.63) is 22.8 Å². The van der Waals surface area contributed by atoms with Gasteiger partial charge in [-0.25, -0.2) is 0 Å². The molecule has 3 heteroatoms. The molecule has 0 saturated carbocycles. The van der Waals surface area contributed by atoms with Crippen molar-refractivity contribution >= 4 is 17.3 Å². The second-order valence-corrected chi connectivity index (χ2v) is 9.43. The van der Waals surface area contributed by atoms with Crippen molar-refractivity contribution in [2.75, 3.05) is 17.2 Å². The summed E-state index contributed by atoms with van der Waals surface area (Å²) in [4.78, 5) is 12.8. The molecule has 0 fully saturated rings. The molecular weight excluding hydrogens is 344 g/mol. The van der Waals surface area contributed by atoms with Gasteiger partial charge in [-0.05, 0) is 48.8 Å². The minimum atomic E-state index is -0.385. The summed E-state index contributed by atoms with van der Waals surface area (Å²) in [5.74, 6) is 0.105. The van der Waals surface area contributed by atoms with Crippen LogP contribution in [0, 0.1) is 5.41 Å². The number of fused-ring (bicyclic) bond motifs is 1. The van der Waals surface area contributed by atoms with E-state index in [9.17, 15) is 4.79 Å². The van der Waals surface area contributed by atoms with Crippen molar-refractivity contribution in [3.63, 3.8) is 0 Å². The normalized spacial score (nSPS) is 13.3. The van der Waals surface area contributed by atoms with Crippen LogP contribution in [0.2, 0.25) is 0 Å². The van der Waals surface area contributed by atoms with Crippen LogP contribution in [0.25, 0.3) is 0 Å². The highest BCUT2D eigenvalue weighted by Gasteiger charge is 2.26. The van der Waals surface area contributed by atoms with E-state index in [4.69, 9.17) is 0 Å². The minimum Gasteiger partial charge on any atom is -0.383 e. The van der Waals surface area contributed by atoms with E-state index in [2.05, 4.69) is 30.5 Å². The number of unbranched alkanes of at least 4 members (excludes halogenated alkanes) is 6. The van der Waals surface area contributed by atoms with E-state index >= 15 is 0 Å². The molecule has 0 spiro atoms. The summed E-state index contributed by atoms with van der Waals surface area (Å²) < 4.78 is 0. The number of anilines is 2. The predicted octanol–water partition coefficient (Wildman–Crippen LogP) is 6.88. The van der Waals surface area contributed by atoms with Crippen LogP contribution in [0.3, 0.4) is 0 Å². The second kappa shape index (κ2) is 10.9. The molecule has 0 atom stereocenters. The fourth-order valence-corrected chi connectivity index (χ4v) is 3.98. The molecule has 0 aromatic heterocycles. The van der Waals surface area contributed by atoms with E-state index in [-0.39, 0.29) is 11.3 Å². The molecule has 28 heavy (non-hydrogen) atoms. The molecule has 0 unspecified atom stereocenters. The quantitative estimate of drug-likeness (QED) is 0.407. The van der Waals surface area contributed by atoms with Gasteiger partial charge in [-0.3, -0.25) is 4.79 Å². The third kappa shape index (κ3) is 6.25. The SMILES string of the molecule is CCCCCCc1cc(CCCCCC)c(NC(=O)C(C)(C)C)c2c1CCN2. The highest BCUT2D eigenvalue weighted by Crippen LogP contribution is 2.39. The number of hydrogen-bond donors (Lipinski definition) is 2. The Balaban J connectivity index is 2.29. The average Bonchev–Trinajstić information content (AvgIpc) is 3.13. The Morgan fingerprint density at radius 3 is 2.14 bits per heavy atom. The second-order valence-electron chi connectivity index (χ2n) is 9.43. The molecule has 1 aliphatic rings. The molecule has 158 valence electrons. The van der Waals surface area contributed by atoms with E-state index in [0.29, 0.717) is 0 Å². The third-order valence-corrected chi connectivity index (χ3v) is 5.80. The number of carbonyl (C=O) groups is 1. The number of amides is 1. The summed E-state index contributed by atoms with van der Waals surface area (Å²) in [6.07, 6.45) is 13.5. The Labute approximate surface area is 173 Å². The lowest BCUT2D eigenvalue weighted by molar-refractivity contribution is -0.123. The smallest absolute Gasteiger partial charge is 0.229 e. The van der Waals surface area contributed by atoms with Crippen molar-refractivity contribution in [3.8, 4) is 0 Å². The largest absolute Gasteiger partial charge is 0.383 e. The summed E-state index contributed by atoms with van der Waals surface area (Å²) in [6.45, 7) is 11.5. The predicted molar refractivity (Wildman–Crippen MR) is 122 cm³/mol. The minimum absolute atomic E-state index is 0.105. The summed E-state index contributed by atoms with van der Waals surface area (Å²) in [7, 11) is 0. The summed E-state index contributed by atoms with van der Waals surface area (Å²) in [5, 5.41) is 6.89. The zero-order valence-corrected chi connectivity index (χ0v) is 19.0. The van der Waals surface area contributed by atoms with Gasteiger partial charge in [0.15, 0.2) is 0 Å². The number of benzene rings is 1. The van der Waals surface area contributed by atoms with Crippen LogP contribution in [0.5, 0.6) is 0 Å². The number of hydrogen-bond acceptors (Lipinski definition) is 2. The van der Waals surface area contributed by atoms with Gasteiger partial charge in [-0.15, -0.1) is 0 Å². The zero-order valence-electron chi connectivity index (χ0n) is 19.0. The Kier molecular flexibility index (Phi) is 8.85. The number of carbonyl (C=O) groups excluding carboxylic acids is 1. The topological polar surface area (TPSA) is 41.1 Å². The van der Waals surface area contributed by atoms with Crippen LogP contribution in [0.4, 0.5) is 11.4 Å². The van der Waals surface area contributed by atoms with Crippen molar-refractivity contribution in [2.24, 2.45) is 5.41 Å². The lowest BCUT2D eigenvalue weighted by atomic mass is 9.91. The Hall–Kier alpha value is -1.51. The maximum Gasteiger partial charge on any atom is 0.229 e. The number of rotatable bonds is 11. The monoisotopic (exact) mass is 386 g/mol. The van der Waals surface area contributed by atoms with Gasteiger partial charge in [-0.1, -0.05) is 79.2 Å². The lowest BCUT2D eigenvalue weighted by Crippen LogP contribution is -2.28. The van der Waals surface area contributed by atoms with E-state index in [1.165, 1.54) is 80.2 Å². The van der Waals surface area contributed by atoms with Crippen molar-refractivity contribution in [1.29, 1.82) is 0 Å². The van der Waals surface area contributed by atoms with E-state index in [1.54, 1.807) is 0 Å². The standard InChI is InChI=1S/C25H42N2O/c1-6-8-10-12-14-19-18-20(15-13-11-9-7-2)22(23-21(19)16-17-26-23)27-24(28)25(3,4)5/h18,26H,6-17H2,1-5H3,(H,27,28). The van der Waals surface area contributed by atoms with Crippen LogP contribution < -0.4 is 10.6 Å². The summed E-state index contributed by atoms with van der Waals surface area (Å²) in [6, 6.07) is 2.42. The van der Waals surface area contributed by atoms with Crippen molar-refractivity contribution < 1.29 is 4.79 Å². The van der Waals surface area contributed by atoms with Gasteiger partial charge in [0.2, 0.25) is 5.91 Å². The van der Waals surface area contributed by atoms with Crippen LogP contribution in [0.1, 0.15) is 103 Å². The van der Waals surface area contributed by atoms with Crippen LogP contribution in [-0.2, 0) is 24.1 Å². The van der Waals surface area contributed by atoms with E-state index in [0.717, 1.165) is 25.1 Å². The van der Waals surface area contributed by atoms with Gasteiger partial charge >= 0.3 is 0 Å². The van der Waals surface area contributed by atoms with Crippen LogP contribution >= 0.6 is 0 Å². The van der Waals surface area contributed by atoms with Gasteiger partial charge < -0.3 is 10.6 Å². The van der Waals surface area contributed by atoms with Crippen LogP contribution in [0.15, 0.2) is 6.07 Å². The first-order valence-corrected chi connectivity index (χ1v) is 11.6. The first-order chi connectivity index (χ1) is 13.4. The molecule has 2 rings (SSSR count). The lowest BCUT2D eigenvalue weighted by Gasteiger charge is -2.23. The summed E-state index contributed by atoms with van der Waals surface area (Å²) in [5.41, 5.74) is 6.15. The van der Waals surface area contributed by atoms with Gasteiger partial charge in [0.25, 0.3) is 0 Å². The molecule has 1 amide bonds. The van der Waals surface area contributed by atoms with Crippen LogP contribution in [-0.4, -0.2) is 12.5 Å². The Morgan fingerprint density at radius 2 is 1.57 bits per heavy atom. The Bertz CT molecular complexity index is 643. The molecule has 1 aromatic carbocycles. The fraction of sp³-hybridized carbons (Fsp3) is 0.720. The third-order valence-electron chi connectivity index (χ3n) is 5.80. The van der Waals surface area contributed by atoms with Crippen molar-refractivity contribution in [1.82, 2.24) is 0 Å². The molecule has 2 N–H and O–H groups in total. The molecule has 0 saturated heterocycles. The first-order valence-electron chi connectivity index (χ1n) is 11.6. The average molecular weight is 387 g/mol. The highest BCUT2D eigenvalue weighted by atomic mass is 16.2. The molecule has 0 bridgehead atoms. The first kappa shape index (κ1) is 22.8. The zero-order chi connectivity index (χ0) is 20.6. The maximum atomic E-state index is 12.8. The van der Waals surface area contributed by atoms with E-state index in [1.807, 2.05) is 20.8 Å². The van der Waals surface area contributed by atoms with Gasteiger partial charge in [0.05, 0.1) is 11.4 Å². The molecule has 1 aromatic rings. The molecule has 1 heterocycles. The molecule has 0 aliphatic carbocycles. The molecular formula is C25H42N2O. The molecule has 1 aliphatic heterocycles. The van der Waals surface area contributed by atoms with Gasteiger partial charge in [0, 0.05) is 12.0 Å². The Morgan fingerprint density at radius 1 is 0.964 bits per heavy atom.